The molecule has 0 aromatic heterocycles. The molecule has 0 aliphatic heterocycles. The Labute approximate surface area is 334 Å². The predicted octanol–water partition coefficient (Wildman–Crippen LogP) is 16.8. The highest BCUT2D eigenvalue weighted by atomic mass is 14.1. The molecule has 5 rings (SSSR count). The van der Waals surface area contributed by atoms with Crippen LogP contribution < -0.4 is 0 Å². The van der Waals surface area contributed by atoms with Gasteiger partial charge in [0.2, 0.25) is 0 Å². The van der Waals surface area contributed by atoms with Gasteiger partial charge in [0.15, 0.2) is 0 Å². The highest BCUT2D eigenvalue weighted by Gasteiger charge is 2.04. The van der Waals surface area contributed by atoms with Crippen LogP contribution in [0.25, 0.3) is 0 Å². The van der Waals surface area contributed by atoms with E-state index < -0.39 is 0 Å². The molecule has 0 fully saturated rings. The van der Waals surface area contributed by atoms with Gasteiger partial charge in [-0.2, -0.15) is 0 Å². The van der Waals surface area contributed by atoms with Gasteiger partial charge < -0.3 is 0 Å². The summed E-state index contributed by atoms with van der Waals surface area (Å²) in [5, 5.41) is 0. The van der Waals surface area contributed by atoms with Gasteiger partial charge in [-0.15, -0.1) is 0 Å². The minimum Gasteiger partial charge on any atom is -0.0617 e. The molecule has 0 spiro atoms. The van der Waals surface area contributed by atoms with Gasteiger partial charge in [0, 0.05) is 0 Å². The van der Waals surface area contributed by atoms with E-state index in [1.54, 1.807) is 0 Å². The molecule has 294 valence electrons. The van der Waals surface area contributed by atoms with Gasteiger partial charge in [0.25, 0.3) is 0 Å². The molecule has 0 unspecified atom stereocenters. The van der Waals surface area contributed by atoms with E-state index in [9.17, 15) is 0 Å². The van der Waals surface area contributed by atoms with Gasteiger partial charge in [0.05, 0.1) is 0 Å². The van der Waals surface area contributed by atoms with Gasteiger partial charge in [-0.05, 0) is 148 Å². The van der Waals surface area contributed by atoms with Gasteiger partial charge in [-0.3, -0.25) is 0 Å². The average molecular weight is 727 g/mol. The number of hydrogen-bond donors (Lipinski definition) is 0. The van der Waals surface area contributed by atoms with Crippen molar-refractivity contribution >= 4 is 0 Å². The van der Waals surface area contributed by atoms with Crippen molar-refractivity contribution in [3.05, 3.63) is 175 Å². The zero-order chi connectivity index (χ0) is 41.3. The SMILES string of the molecule is Cc1cc(C(C)C)cc(C)c1C.Cc1cc(C)cc(C(C)C)c1.Cc1ccc(C(C)C)cc1.Cc1ccc(C(C)C)cc1C.Cc1cccc(C(C)C)c1. The Bertz CT molecular complexity index is 1770. The number of benzene rings is 5. The Balaban J connectivity index is 0.000000338. The second-order valence-electron chi connectivity index (χ2n) is 17.1. The van der Waals surface area contributed by atoms with Crippen molar-refractivity contribution < 1.29 is 0 Å². The first kappa shape index (κ1) is 48.1. The Morgan fingerprint density at radius 1 is 0.259 bits per heavy atom. The maximum absolute atomic E-state index is 2.30. The summed E-state index contributed by atoms with van der Waals surface area (Å²) >= 11 is 0. The highest BCUT2D eigenvalue weighted by Crippen LogP contribution is 2.22. The lowest BCUT2D eigenvalue weighted by atomic mass is 9.95. The molecule has 0 nitrogen and oxygen atoms in total. The smallest absolute Gasteiger partial charge is 0.0219 e. The lowest BCUT2D eigenvalue weighted by Gasteiger charge is -2.11. The molecule has 5 aromatic carbocycles. The Morgan fingerprint density at radius 3 is 1.02 bits per heavy atom. The van der Waals surface area contributed by atoms with Crippen molar-refractivity contribution in [1.82, 2.24) is 0 Å². The summed E-state index contributed by atoms with van der Waals surface area (Å²) in [5.41, 5.74) is 19.7. The quantitative estimate of drug-likeness (QED) is 0.169. The van der Waals surface area contributed by atoms with Gasteiger partial charge in [-0.1, -0.05) is 189 Å². The fraction of sp³-hybridized carbons (Fsp3) is 0.444. The molecule has 0 radical (unpaired) electrons. The Hall–Kier alpha value is -3.90. The predicted molar refractivity (Wildman–Crippen MR) is 245 cm³/mol. The maximum Gasteiger partial charge on any atom is -0.0219 e. The second-order valence-corrected chi connectivity index (χ2v) is 17.1. The normalized spacial score (nSPS) is 10.6. The third kappa shape index (κ3) is 18.0. The van der Waals surface area contributed by atoms with Crippen molar-refractivity contribution in [2.75, 3.05) is 0 Å². The third-order valence-corrected chi connectivity index (χ3v) is 10.2. The molecule has 0 amide bonds. The van der Waals surface area contributed by atoms with Gasteiger partial charge >= 0.3 is 0 Å². The van der Waals surface area contributed by atoms with Crippen LogP contribution in [0.4, 0.5) is 0 Å². The lowest BCUT2D eigenvalue weighted by Crippen LogP contribution is -1.93. The van der Waals surface area contributed by atoms with Crippen LogP contribution in [-0.2, 0) is 0 Å². The van der Waals surface area contributed by atoms with E-state index in [1.165, 1.54) is 77.9 Å². The van der Waals surface area contributed by atoms with Crippen LogP contribution in [0.5, 0.6) is 0 Å². The van der Waals surface area contributed by atoms with E-state index in [0.29, 0.717) is 29.6 Å². The molecule has 0 bridgehead atoms. The summed E-state index contributed by atoms with van der Waals surface area (Å²) in [6, 6.07) is 35.4. The first-order valence-electron chi connectivity index (χ1n) is 20.5. The largest absolute Gasteiger partial charge is 0.0617 e. The van der Waals surface area contributed by atoms with Crippen molar-refractivity contribution in [2.45, 2.75) is 161 Å². The number of rotatable bonds is 5. The van der Waals surface area contributed by atoms with E-state index in [4.69, 9.17) is 0 Å². The number of aryl methyl sites for hydroxylation is 8. The summed E-state index contributed by atoms with van der Waals surface area (Å²) in [5.74, 6) is 3.24. The van der Waals surface area contributed by atoms with Gasteiger partial charge in [-0.25, -0.2) is 0 Å². The van der Waals surface area contributed by atoms with E-state index in [0.717, 1.165) is 0 Å². The van der Waals surface area contributed by atoms with E-state index in [1.807, 2.05) is 0 Å². The topological polar surface area (TPSA) is 0 Å². The van der Waals surface area contributed by atoms with Crippen molar-refractivity contribution in [3.63, 3.8) is 0 Å². The Kier molecular flexibility index (Phi) is 21.2. The highest BCUT2D eigenvalue weighted by molar-refractivity contribution is 5.38. The molecule has 0 atom stereocenters. The van der Waals surface area contributed by atoms with Crippen LogP contribution >= 0.6 is 0 Å². The molecule has 0 heterocycles. The van der Waals surface area contributed by atoms with E-state index in [2.05, 4.69) is 229 Å². The van der Waals surface area contributed by atoms with Crippen molar-refractivity contribution in [3.8, 4) is 0 Å². The monoisotopic (exact) mass is 727 g/mol. The molecule has 0 aliphatic rings. The second kappa shape index (κ2) is 23.8. The molecule has 54 heavy (non-hydrogen) atoms. The molecule has 0 aliphatic carbocycles. The fourth-order valence-electron chi connectivity index (χ4n) is 5.85. The molecule has 0 saturated carbocycles. The standard InChI is InChI=1S/C12H18.2C11H16.2C10H14/c1-8(2)12-6-9(3)11(5)10(4)7-12;1-8(2)11-6-9(3)5-10(4)7-11;1-8(2)11-6-5-9(3)10(4)7-11;1-8(2)10-6-4-9(3)5-7-10;1-8(2)10-6-4-5-9(3)7-10/h6-8H,1-5H3;2*5-8H,1-4H3;2*4-8H,1-3H3. The first-order chi connectivity index (χ1) is 25.1. The lowest BCUT2D eigenvalue weighted by molar-refractivity contribution is 0.861. The molecule has 0 heteroatoms. The van der Waals surface area contributed by atoms with Crippen LogP contribution in [0.1, 0.15) is 177 Å². The summed E-state index contributed by atoms with van der Waals surface area (Å²) in [6.45, 7) is 41.7. The molecular formula is C54H78. The van der Waals surface area contributed by atoms with Crippen LogP contribution in [0.3, 0.4) is 0 Å². The summed E-state index contributed by atoms with van der Waals surface area (Å²) < 4.78 is 0. The van der Waals surface area contributed by atoms with Crippen LogP contribution in [0.2, 0.25) is 0 Å². The molecular weight excluding hydrogens is 649 g/mol. The summed E-state index contributed by atoms with van der Waals surface area (Å²) in [4.78, 5) is 0. The average Bonchev–Trinajstić information content (AvgIpc) is 3.09. The maximum atomic E-state index is 2.30. The minimum absolute atomic E-state index is 0.642. The van der Waals surface area contributed by atoms with E-state index >= 15 is 0 Å². The third-order valence-electron chi connectivity index (χ3n) is 10.2. The fourth-order valence-corrected chi connectivity index (χ4v) is 5.85. The zero-order valence-corrected chi connectivity index (χ0v) is 38.1. The minimum atomic E-state index is 0.642. The van der Waals surface area contributed by atoms with Crippen molar-refractivity contribution in [2.24, 2.45) is 0 Å². The van der Waals surface area contributed by atoms with Crippen molar-refractivity contribution in [1.29, 1.82) is 0 Å². The summed E-state index contributed by atoms with van der Waals surface area (Å²) in [7, 11) is 0. The van der Waals surface area contributed by atoms with Crippen LogP contribution in [0.15, 0.2) is 97.1 Å². The molecule has 5 aromatic rings. The van der Waals surface area contributed by atoms with Crippen LogP contribution in [-0.4, -0.2) is 0 Å². The Morgan fingerprint density at radius 2 is 0.630 bits per heavy atom. The first-order valence-corrected chi connectivity index (χ1v) is 20.5. The van der Waals surface area contributed by atoms with E-state index in [-0.39, 0.29) is 0 Å². The van der Waals surface area contributed by atoms with Gasteiger partial charge in [0.1, 0.15) is 0 Å². The zero-order valence-electron chi connectivity index (χ0n) is 38.1. The molecule has 0 saturated heterocycles. The number of hydrogen-bond acceptors (Lipinski definition) is 0. The van der Waals surface area contributed by atoms with Crippen LogP contribution in [0, 0.1) is 62.3 Å². The molecule has 0 N–H and O–H groups in total. The summed E-state index contributed by atoms with van der Waals surface area (Å²) in [6.07, 6.45) is 0.